The Morgan fingerprint density at radius 3 is 2.63 bits per heavy atom. The molecule has 3 rings (SSSR count). The van der Waals surface area contributed by atoms with Crippen molar-refractivity contribution in [3.8, 4) is 5.75 Å². The fraction of sp³-hybridized carbons (Fsp3) is 0.650. The Labute approximate surface area is 162 Å². The van der Waals surface area contributed by atoms with Crippen LogP contribution in [0.2, 0.25) is 0 Å². The van der Waals surface area contributed by atoms with E-state index in [1.807, 2.05) is 19.2 Å². The maximum absolute atomic E-state index is 5.71. The highest BCUT2D eigenvalue weighted by molar-refractivity contribution is 5.80. The van der Waals surface area contributed by atoms with Gasteiger partial charge in [0.05, 0.1) is 26.4 Å². The van der Waals surface area contributed by atoms with Crippen LogP contribution in [0, 0.1) is 0 Å². The highest BCUT2D eigenvalue weighted by Crippen LogP contribution is 2.20. The van der Waals surface area contributed by atoms with E-state index >= 15 is 0 Å². The van der Waals surface area contributed by atoms with E-state index in [0.29, 0.717) is 13.2 Å². The summed E-state index contributed by atoms with van der Waals surface area (Å²) >= 11 is 0. The first-order valence-corrected chi connectivity index (χ1v) is 9.84. The lowest BCUT2D eigenvalue weighted by Crippen LogP contribution is -2.53. The van der Waals surface area contributed by atoms with Gasteiger partial charge in [0.25, 0.3) is 0 Å². The van der Waals surface area contributed by atoms with E-state index in [1.54, 1.807) is 7.11 Å². The van der Waals surface area contributed by atoms with Gasteiger partial charge in [0.1, 0.15) is 5.75 Å². The smallest absolute Gasteiger partial charge is 0.193 e. The maximum Gasteiger partial charge on any atom is 0.193 e. The molecule has 1 aromatic rings. The molecule has 2 saturated heterocycles. The van der Waals surface area contributed by atoms with E-state index in [0.717, 1.165) is 63.9 Å². The van der Waals surface area contributed by atoms with Crippen molar-refractivity contribution in [1.29, 1.82) is 0 Å². The van der Waals surface area contributed by atoms with Crippen molar-refractivity contribution in [2.75, 3.05) is 71.6 Å². The average molecular weight is 377 g/mol. The summed E-state index contributed by atoms with van der Waals surface area (Å²) in [6.45, 7) is 6.85. The van der Waals surface area contributed by atoms with Gasteiger partial charge in [-0.1, -0.05) is 0 Å². The Morgan fingerprint density at radius 1 is 1.22 bits per heavy atom. The lowest BCUT2D eigenvalue weighted by molar-refractivity contribution is 0.0190. The van der Waals surface area contributed by atoms with Crippen LogP contribution in [0.15, 0.2) is 29.3 Å². The average Bonchev–Trinajstić information content (AvgIpc) is 3.24. The van der Waals surface area contributed by atoms with Gasteiger partial charge in [-0.05, 0) is 37.1 Å². The molecule has 1 atom stereocenters. The summed E-state index contributed by atoms with van der Waals surface area (Å²) in [7, 11) is 3.53. The molecule has 0 aromatic heterocycles. The van der Waals surface area contributed by atoms with Crippen LogP contribution in [0.25, 0.3) is 0 Å². The first kappa shape index (κ1) is 19.8. The molecule has 2 fully saturated rings. The van der Waals surface area contributed by atoms with Crippen LogP contribution in [0.1, 0.15) is 12.8 Å². The van der Waals surface area contributed by atoms with Gasteiger partial charge >= 0.3 is 0 Å². The molecule has 2 aliphatic heterocycles. The summed E-state index contributed by atoms with van der Waals surface area (Å²) in [6, 6.07) is 8.26. The van der Waals surface area contributed by atoms with Crippen LogP contribution >= 0.6 is 0 Å². The minimum absolute atomic E-state index is 0.287. The minimum Gasteiger partial charge on any atom is -0.497 e. The predicted octanol–water partition coefficient (Wildman–Crippen LogP) is 1.59. The van der Waals surface area contributed by atoms with Gasteiger partial charge in [-0.15, -0.1) is 0 Å². The van der Waals surface area contributed by atoms with Gasteiger partial charge < -0.3 is 29.3 Å². The summed E-state index contributed by atoms with van der Waals surface area (Å²) in [5.74, 6) is 1.84. The summed E-state index contributed by atoms with van der Waals surface area (Å²) < 4.78 is 16.5. The Balaban J connectivity index is 1.36. The van der Waals surface area contributed by atoms with Crippen LogP contribution < -0.4 is 15.0 Å². The van der Waals surface area contributed by atoms with Gasteiger partial charge in [0, 0.05) is 52.1 Å². The largest absolute Gasteiger partial charge is 0.497 e. The van der Waals surface area contributed by atoms with Crippen LogP contribution in [-0.2, 0) is 9.47 Å². The van der Waals surface area contributed by atoms with Crippen LogP contribution in [-0.4, -0.2) is 83.7 Å². The number of benzene rings is 1. The van der Waals surface area contributed by atoms with E-state index in [1.165, 1.54) is 5.69 Å². The molecular weight excluding hydrogens is 344 g/mol. The molecule has 1 aromatic carbocycles. The molecule has 0 amide bonds. The Morgan fingerprint density at radius 2 is 2.00 bits per heavy atom. The van der Waals surface area contributed by atoms with Crippen LogP contribution in [0.5, 0.6) is 5.75 Å². The van der Waals surface area contributed by atoms with Crippen molar-refractivity contribution in [3.63, 3.8) is 0 Å². The van der Waals surface area contributed by atoms with E-state index < -0.39 is 0 Å². The Kier molecular flexibility index (Phi) is 7.59. The predicted molar refractivity (Wildman–Crippen MR) is 108 cm³/mol. The number of hydrogen-bond donors (Lipinski definition) is 1. The Bertz CT molecular complexity index is 579. The van der Waals surface area contributed by atoms with E-state index in [9.17, 15) is 0 Å². The number of piperazine rings is 1. The lowest BCUT2D eigenvalue weighted by Gasteiger charge is -2.37. The van der Waals surface area contributed by atoms with Crippen molar-refractivity contribution in [2.24, 2.45) is 4.99 Å². The molecule has 2 aliphatic rings. The SMILES string of the molecule is CN=C(NCCOCC1CCCO1)N1CCN(c2ccc(OC)cc2)CC1. The Hall–Kier alpha value is -1.99. The number of methoxy groups -OCH3 is 1. The van der Waals surface area contributed by atoms with Gasteiger partial charge in [-0.25, -0.2) is 0 Å². The third kappa shape index (κ3) is 5.74. The normalized spacial score (nSPS) is 20.8. The third-order valence-electron chi connectivity index (χ3n) is 5.09. The molecule has 0 radical (unpaired) electrons. The van der Waals surface area contributed by atoms with Crippen LogP contribution in [0.3, 0.4) is 0 Å². The maximum atomic E-state index is 5.71. The molecule has 0 aliphatic carbocycles. The summed E-state index contributed by atoms with van der Waals surface area (Å²) in [5, 5.41) is 3.41. The topological polar surface area (TPSA) is 58.6 Å². The lowest BCUT2D eigenvalue weighted by atomic mass is 10.2. The monoisotopic (exact) mass is 376 g/mol. The van der Waals surface area contributed by atoms with Crippen molar-refractivity contribution >= 4 is 11.6 Å². The fourth-order valence-corrected chi connectivity index (χ4v) is 3.53. The van der Waals surface area contributed by atoms with Crippen molar-refractivity contribution in [3.05, 3.63) is 24.3 Å². The zero-order valence-corrected chi connectivity index (χ0v) is 16.5. The summed E-state index contributed by atoms with van der Waals surface area (Å²) in [6.07, 6.45) is 2.56. The number of anilines is 1. The van der Waals surface area contributed by atoms with Gasteiger partial charge in [-0.3, -0.25) is 4.99 Å². The second-order valence-corrected chi connectivity index (χ2v) is 6.86. The molecule has 150 valence electrons. The van der Waals surface area contributed by atoms with E-state index in [-0.39, 0.29) is 6.10 Å². The zero-order valence-electron chi connectivity index (χ0n) is 16.5. The fourth-order valence-electron chi connectivity index (χ4n) is 3.53. The number of guanidine groups is 1. The number of nitrogens with zero attached hydrogens (tertiary/aromatic N) is 3. The molecule has 7 heteroatoms. The zero-order chi connectivity index (χ0) is 18.9. The molecule has 0 bridgehead atoms. The number of rotatable bonds is 7. The first-order chi connectivity index (χ1) is 13.3. The standard InChI is InChI=1S/C20H32N4O3/c1-21-20(22-9-15-26-16-19-4-3-14-27-19)24-12-10-23(11-13-24)17-5-7-18(25-2)8-6-17/h5-8,19H,3-4,9-16H2,1-2H3,(H,21,22). The van der Waals surface area contributed by atoms with Crippen molar-refractivity contribution in [2.45, 2.75) is 18.9 Å². The molecule has 7 nitrogen and oxygen atoms in total. The second kappa shape index (κ2) is 10.4. The quantitative estimate of drug-likeness (QED) is 0.443. The number of nitrogens with one attached hydrogen (secondary N) is 1. The molecule has 27 heavy (non-hydrogen) atoms. The van der Waals surface area contributed by atoms with Gasteiger partial charge in [-0.2, -0.15) is 0 Å². The van der Waals surface area contributed by atoms with Crippen LogP contribution in [0.4, 0.5) is 5.69 Å². The van der Waals surface area contributed by atoms with Gasteiger partial charge in [0.15, 0.2) is 5.96 Å². The highest BCUT2D eigenvalue weighted by atomic mass is 16.5. The van der Waals surface area contributed by atoms with Crippen molar-refractivity contribution in [1.82, 2.24) is 10.2 Å². The molecule has 0 saturated carbocycles. The molecule has 0 spiro atoms. The third-order valence-corrected chi connectivity index (χ3v) is 5.09. The molecule has 2 heterocycles. The van der Waals surface area contributed by atoms with Crippen molar-refractivity contribution < 1.29 is 14.2 Å². The minimum atomic E-state index is 0.287. The number of ether oxygens (including phenoxy) is 3. The van der Waals surface area contributed by atoms with E-state index in [2.05, 4.69) is 32.2 Å². The second-order valence-electron chi connectivity index (χ2n) is 6.86. The molecule has 1 unspecified atom stereocenters. The molecule has 1 N–H and O–H groups in total. The number of hydrogen-bond acceptors (Lipinski definition) is 5. The first-order valence-electron chi connectivity index (χ1n) is 9.84. The summed E-state index contributed by atoms with van der Waals surface area (Å²) in [5.41, 5.74) is 1.24. The van der Waals surface area contributed by atoms with E-state index in [4.69, 9.17) is 14.2 Å². The number of aliphatic imine (C=N–C) groups is 1. The molecular formula is C20H32N4O3. The van der Waals surface area contributed by atoms with Gasteiger partial charge in [0.2, 0.25) is 0 Å². The highest BCUT2D eigenvalue weighted by Gasteiger charge is 2.20. The summed E-state index contributed by atoms with van der Waals surface area (Å²) in [4.78, 5) is 9.13.